The number of nitrogens with zero attached hydrogens (tertiary/aromatic N) is 5. The summed E-state index contributed by atoms with van der Waals surface area (Å²) < 4.78 is 0. The zero-order valence-corrected chi connectivity index (χ0v) is 10.5. The van der Waals surface area contributed by atoms with Gasteiger partial charge in [0.15, 0.2) is 0 Å². The van der Waals surface area contributed by atoms with Crippen molar-refractivity contribution < 1.29 is 9.72 Å². The van der Waals surface area contributed by atoms with E-state index in [0.717, 1.165) is 0 Å². The molecular weight excluding hydrogens is 264 g/mol. The van der Waals surface area contributed by atoms with Crippen molar-refractivity contribution in [2.75, 3.05) is 23.7 Å². The third-order valence-electron chi connectivity index (χ3n) is 3.13. The number of rotatable bonds is 4. The second kappa shape index (κ2) is 5.45. The highest BCUT2D eigenvalue weighted by Crippen LogP contribution is 2.31. The molecule has 1 fully saturated rings. The number of nitrogen functional groups attached to an aromatic ring is 1. The molecule has 20 heavy (non-hydrogen) atoms. The standard InChI is InChI=1S/C11H12N6O3/c12-9-2-1-8(4-10(9)17(19)20)16-6-7(3-11(16)18)5-14-15-13/h1-2,4,7H,3,5-6,12H2. The summed E-state index contributed by atoms with van der Waals surface area (Å²) in [5, 5.41) is 14.3. The lowest BCUT2D eigenvalue weighted by molar-refractivity contribution is -0.383. The lowest BCUT2D eigenvalue weighted by Crippen LogP contribution is -2.24. The van der Waals surface area contributed by atoms with E-state index < -0.39 is 4.92 Å². The van der Waals surface area contributed by atoms with Crippen LogP contribution in [0.15, 0.2) is 23.3 Å². The maximum absolute atomic E-state index is 11.9. The highest BCUT2D eigenvalue weighted by atomic mass is 16.6. The first-order valence-electron chi connectivity index (χ1n) is 5.88. The first-order chi connectivity index (χ1) is 9.52. The molecule has 1 aromatic rings. The van der Waals surface area contributed by atoms with Gasteiger partial charge < -0.3 is 10.6 Å². The Morgan fingerprint density at radius 1 is 1.60 bits per heavy atom. The molecule has 1 aromatic carbocycles. The Morgan fingerprint density at radius 3 is 3.00 bits per heavy atom. The van der Waals surface area contributed by atoms with Gasteiger partial charge in [-0.15, -0.1) is 0 Å². The number of nitrogens with two attached hydrogens (primary N) is 1. The molecule has 2 N–H and O–H groups in total. The monoisotopic (exact) mass is 276 g/mol. The van der Waals surface area contributed by atoms with Crippen LogP contribution < -0.4 is 10.6 Å². The minimum Gasteiger partial charge on any atom is -0.393 e. The van der Waals surface area contributed by atoms with Crippen LogP contribution in [-0.2, 0) is 4.79 Å². The van der Waals surface area contributed by atoms with Crippen LogP contribution in [0.2, 0.25) is 0 Å². The van der Waals surface area contributed by atoms with E-state index in [4.69, 9.17) is 11.3 Å². The molecule has 9 heteroatoms. The summed E-state index contributed by atoms with van der Waals surface area (Å²) in [6, 6.07) is 4.25. The summed E-state index contributed by atoms with van der Waals surface area (Å²) in [5.74, 6) is -0.225. The number of azide groups is 1. The lowest BCUT2D eigenvalue weighted by atomic mass is 10.1. The van der Waals surface area contributed by atoms with Crippen LogP contribution in [0.3, 0.4) is 0 Å². The van der Waals surface area contributed by atoms with Gasteiger partial charge in [-0.3, -0.25) is 14.9 Å². The fourth-order valence-corrected chi connectivity index (χ4v) is 2.16. The molecule has 1 saturated heterocycles. The second-order valence-electron chi connectivity index (χ2n) is 4.49. The second-order valence-corrected chi connectivity index (χ2v) is 4.49. The Balaban J connectivity index is 2.24. The first kappa shape index (κ1) is 13.6. The van der Waals surface area contributed by atoms with Gasteiger partial charge in [0.25, 0.3) is 5.69 Å². The molecule has 0 aromatic heterocycles. The molecule has 0 bridgehead atoms. The SMILES string of the molecule is [N-]=[N+]=NCC1CC(=O)N(c2ccc(N)c([N+](=O)[O-])c2)C1. The maximum atomic E-state index is 11.9. The van der Waals surface area contributed by atoms with Gasteiger partial charge >= 0.3 is 0 Å². The molecule has 1 aliphatic heterocycles. The van der Waals surface area contributed by atoms with Gasteiger partial charge in [-0.1, -0.05) is 5.11 Å². The largest absolute Gasteiger partial charge is 0.393 e. The van der Waals surface area contributed by atoms with Crippen molar-refractivity contribution in [3.05, 3.63) is 38.8 Å². The average molecular weight is 276 g/mol. The number of benzene rings is 1. The topological polar surface area (TPSA) is 138 Å². The van der Waals surface area contributed by atoms with Crippen LogP contribution >= 0.6 is 0 Å². The number of nitro benzene ring substituents is 1. The summed E-state index contributed by atoms with van der Waals surface area (Å²) in [4.78, 5) is 26.3. The minimum absolute atomic E-state index is 0.0519. The molecule has 9 nitrogen and oxygen atoms in total. The Kier molecular flexibility index (Phi) is 3.72. The predicted octanol–water partition coefficient (Wildman–Crippen LogP) is 1.84. The number of anilines is 2. The zero-order valence-electron chi connectivity index (χ0n) is 10.5. The van der Waals surface area contributed by atoms with E-state index in [1.807, 2.05) is 0 Å². The van der Waals surface area contributed by atoms with Crippen molar-refractivity contribution >= 4 is 23.0 Å². The summed E-state index contributed by atoms with van der Waals surface area (Å²) in [6.07, 6.45) is 0.261. The number of nitro groups is 1. The van der Waals surface area contributed by atoms with Gasteiger partial charge in [-0.25, -0.2) is 0 Å². The van der Waals surface area contributed by atoms with E-state index in [2.05, 4.69) is 10.0 Å². The molecule has 1 aliphatic rings. The summed E-state index contributed by atoms with van der Waals surface area (Å²) in [6.45, 7) is 0.606. The Labute approximate surface area is 113 Å². The van der Waals surface area contributed by atoms with E-state index in [-0.39, 0.29) is 36.2 Å². The van der Waals surface area contributed by atoms with Crippen LogP contribution in [0.25, 0.3) is 10.4 Å². The third kappa shape index (κ3) is 2.62. The molecule has 104 valence electrons. The van der Waals surface area contributed by atoms with Gasteiger partial charge in [0.05, 0.1) is 10.6 Å². The highest BCUT2D eigenvalue weighted by Gasteiger charge is 2.31. The fourth-order valence-electron chi connectivity index (χ4n) is 2.16. The van der Waals surface area contributed by atoms with Gasteiger partial charge in [0.2, 0.25) is 5.91 Å². The van der Waals surface area contributed by atoms with Gasteiger partial charge in [0.1, 0.15) is 5.69 Å². The normalized spacial score (nSPS) is 17.9. The Hall–Kier alpha value is -2.80. The zero-order chi connectivity index (χ0) is 14.7. The van der Waals surface area contributed by atoms with Crippen LogP contribution in [-0.4, -0.2) is 23.9 Å². The van der Waals surface area contributed by atoms with Crippen molar-refractivity contribution in [3.8, 4) is 0 Å². The fraction of sp³-hybridized carbons (Fsp3) is 0.364. The third-order valence-corrected chi connectivity index (χ3v) is 3.13. The molecule has 0 saturated carbocycles. The van der Waals surface area contributed by atoms with Crippen molar-refractivity contribution in [2.45, 2.75) is 6.42 Å². The lowest BCUT2D eigenvalue weighted by Gasteiger charge is -2.16. The number of hydrogen-bond acceptors (Lipinski definition) is 5. The maximum Gasteiger partial charge on any atom is 0.294 e. The summed E-state index contributed by atoms with van der Waals surface area (Å²) >= 11 is 0. The molecule has 2 rings (SSSR count). The van der Waals surface area contributed by atoms with E-state index >= 15 is 0 Å². The van der Waals surface area contributed by atoms with Gasteiger partial charge in [-0.05, 0) is 23.6 Å². The highest BCUT2D eigenvalue weighted by molar-refractivity contribution is 5.96. The van der Waals surface area contributed by atoms with Gasteiger partial charge in [-0.2, -0.15) is 0 Å². The summed E-state index contributed by atoms with van der Waals surface area (Å²) in [5.41, 5.74) is 14.0. The smallest absolute Gasteiger partial charge is 0.294 e. The number of amides is 1. The van der Waals surface area contributed by atoms with E-state index in [1.165, 1.54) is 17.0 Å². The molecule has 1 amide bonds. The van der Waals surface area contributed by atoms with Crippen LogP contribution in [0.4, 0.5) is 17.1 Å². The Bertz CT molecular complexity index is 610. The molecular formula is C11H12N6O3. The molecule has 0 radical (unpaired) electrons. The number of carbonyl (C=O) groups is 1. The van der Waals surface area contributed by atoms with Crippen LogP contribution in [0.5, 0.6) is 0 Å². The van der Waals surface area contributed by atoms with Crippen molar-refractivity contribution in [2.24, 2.45) is 11.0 Å². The van der Waals surface area contributed by atoms with Crippen molar-refractivity contribution in [1.82, 2.24) is 0 Å². The number of hydrogen-bond donors (Lipinski definition) is 1. The van der Waals surface area contributed by atoms with Crippen LogP contribution in [0, 0.1) is 16.0 Å². The van der Waals surface area contributed by atoms with E-state index in [1.54, 1.807) is 6.07 Å². The van der Waals surface area contributed by atoms with Gasteiger partial charge in [0, 0.05) is 30.5 Å². The number of carbonyl (C=O) groups excluding carboxylic acids is 1. The van der Waals surface area contributed by atoms with Crippen molar-refractivity contribution in [3.63, 3.8) is 0 Å². The van der Waals surface area contributed by atoms with Crippen molar-refractivity contribution in [1.29, 1.82) is 0 Å². The molecule has 0 spiro atoms. The predicted molar refractivity (Wildman–Crippen MR) is 72.0 cm³/mol. The first-order valence-corrected chi connectivity index (χ1v) is 5.88. The molecule has 0 aliphatic carbocycles. The molecule has 1 heterocycles. The minimum atomic E-state index is -0.586. The van der Waals surface area contributed by atoms with E-state index in [9.17, 15) is 14.9 Å². The molecule has 1 unspecified atom stereocenters. The van der Waals surface area contributed by atoms with Crippen LogP contribution in [0.1, 0.15) is 6.42 Å². The quantitative estimate of drug-likeness (QED) is 0.224. The Morgan fingerprint density at radius 2 is 2.35 bits per heavy atom. The van der Waals surface area contributed by atoms with E-state index in [0.29, 0.717) is 12.2 Å². The summed E-state index contributed by atoms with van der Waals surface area (Å²) in [7, 11) is 0. The average Bonchev–Trinajstić information content (AvgIpc) is 2.78. The molecule has 1 atom stereocenters.